The van der Waals surface area contributed by atoms with Crippen molar-refractivity contribution in [1.29, 1.82) is 0 Å². The number of nitrogens with one attached hydrogen (secondary N) is 2. The molecule has 0 aromatic rings. The quantitative estimate of drug-likeness (QED) is 0.603. The third kappa shape index (κ3) is 6.07. The van der Waals surface area contributed by atoms with E-state index in [1.54, 1.807) is 0 Å². The third-order valence-electron chi connectivity index (χ3n) is 2.00. The Hall–Kier alpha value is -0.0600. The van der Waals surface area contributed by atoms with Crippen LogP contribution in [-0.4, -0.2) is 38.1 Å². The zero-order chi connectivity index (χ0) is 10.1. The van der Waals surface area contributed by atoms with Gasteiger partial charge >= 0.3 is 0 Å². The minimum atomic E-state index is 0.0341. The second-order valence-electron chi connectivity index (χ2n) is 2.96. The van der Waals surface area contributed by atoms with E-state index in [9.17, 15) is 4.79 Å². The molecule has 0 aliphatic carbocycles. The summed E-state index contributed by atoms with van der Waals surface area (Å²) in [5.74, 6) is 0. The van der Waals surface area contributed by atoms with Crippen molar-refractivity contribution in [3.8, 4) is 0 Å². The molecule has 0 aromatic heterocycles. The molecular weight excluding hydrogens is 184 g/mol. The SMILES string of the molecule is CNCCCCC(NC)C(=O)SC. The van der Waals surface area contributed by atoms with E-state index in [1.807, 2.05) is 20.4 Å². The van der Waals surface area contributed by atoms with E-state index in [0.717, 1.165) is 25.8 Å². The molecule has 0 spiro atoms. The summed E-state index contributed by atoms with van der Waals surface area (Å²) >= 11 is 1.30. The van der Waals surface area contributed by atoms with E-state index >= 15 is 0 Å². The van der Waals surface area contributed by atoms with Crippen LogP contribution in [-0.2, 0) is 4.79 Å². The first-order valence-corrected chi connectivity index (χ1v) is 5.88. The highest BCUT2D eigenvalue weighted by Gasteiger charge is 2.13. The fourth-order valence-corrected chi connectivity index (χ4v) is 1.69. The van der Waals surface area contributed by atoms with Gasteiger partial charge < -0.3 is 10.6 Å². The van der Waals surface area contributed by atoms with Crippen molar-refractivity contribution in [2.24, 2.45) is 0 Å². The number of unbranched alkanes of at least 4 members (excludes halogenated alkanes) is 1. The van der Waals surface area contributed by atoms with E-state index < -0.39 is 0 Å². The van der Waals surface area contributed by atoms with Crippen molar-refractivity contribution in [3.05, 3.63) is 0 Å². The van der Waals surface area contributed by atoms with Crippen molar-refractivity contribution in [3.63, 3.8) is 0 Å². The lowest BCUT2D eigenvalue weighted by atomic mass is 10.1. The Bertz CT molecular complexity index is 142. The number of carbonyl (C=O) groups is 1. The first-order chi connectivity index (χ1) is 6.26. The first-order valence-electron chi connectivity index (χ1n) is 4.66. The maximum absolute atomic E-state index is 11.3. The molecule has 0 radical (unpaired) electrons. The maximum atomic E-state index is 11.3. The van der Waals surface area contributed by atoms with Crippen LogP contribution in [0.4, 0.5) is 0 Å². The van der Waals surface area contributed by atoms with Crippen LogP contribution >= 0.6 is 11.8 Å². The molecule has 3 nitrogen and oxygen atoms in total. The van der Waals surface area contributed by atoms with Crippen LogP contribution in [0.3, 0.4) is 0 Å². The molecule has 1 unspecified atom stereocenters. The Kier molecular flexibility index (Phi) is 8.49. The summed E-state index contributed by atoms with van der Waals surface area (Å²) in [6.07, 6.45) is 5.01. The molecule has 0 bridgehead atoms. The number of thioether (sulfide) groups is 1. The molecule has 0 aliphatic rings. The number of carbonyl (C=O) groups excluding carboxylic acids is 1. The van der Waals surface area contributed by atoms with Gasteiger partial charge in [-0.15, -0.1) is 0 Å². The van der Waals surface area contributed by atoms with Crippen LogP contribution in [0.25, 0.3) is 0 Å². The van der Waals surface area contributed by atoms with Gasteiger partial charge in [0.2, 0.25) is 5.12 Å². The fourth-order valence-electron chi connectivity index (χ4n) is 1.17. The van der Waals surface area contributed by atoms with E-state index in [2.05, 4.69) is 10.6 Å². The summed E-state index contributed by atoms with van der Waals surface area (Å²) in [5, 5.41) is 6.37. The van der Waals surface area contributed by atoms with Crippen LogP contribution < -0.4 is 10.6 Å². The maximum Gasteiger partial charge on any atom is 0.205 e. The van der Waals surface area contributed by atoms with Crippen LogP contribution in [0.5, 0.6) is 0 Å². The number of hydrogen-bond donors (Lipinski definition) is 2. The van der Waals surface area contributed by atoms with Gasteiger partial charge in [-0.25, -0.2) is 0 Å². The Labute approximate surface area is 85.0 Å². The molecule has 0 rings (SSSR count). The molecule has 0 amide bonds. The highest BCUT2D eigenvalue weighted by Crippen LogP contribution is 2.07. The zero-order valence-electron chi connectivity index (χ0n) is 8.72. The second-order valence-corrected chi connectivity index (χ2v) is 3.77. The lowest BCUT2D eigenvalue weighted by molar-refractivity contribution is -0.112. The molecule has 0 saturated heterocycles. The van der Waals surface area contributed by atoms with Crippen molar-refractivity contribution in [1.82, 2.24) is 10.6 Å². The molecule has 0 aromatic carbocycles. The summed E-state index contributed by atoms with van der Waals surface area (Å²) in [6.45, 7) is 1.03. The Morgan fingerprint density at radius 2 is 2.08 bits per heavy atom. The molecule has 0 fully saturated rings. The summed E-state index contributed by atoms with van der Waals surface area (Å²) in [7, 11) is 3.79. The van der Waals surface area contributed by atoms with Crippen LogP contribution in [0.15, 0.2) is 0 Å². The van der Waals surface area contributed by atoms with E-state index in [0.29, 0.717) is 0 Å². The molecule has 0 aliphatic heterocycles. The molecule has 13 heavy (non-hydrogen) atoms. The van der Waals surface area contributed by atoms with Crippen LogP contribution in [0.2, 0.25) is 0 Å². The normalized spacial score (nSPS) is 12.8. The molecule has 2 N–H and O–H groups in total. The smallest absolute Gasteiger partial charge is 0.205 e. The average Bonchev–Trinajstić information content (AvgIpc) is 2.17. The fraction of sp³-hybridized carbons (Fsp3) is 0.889. The molecule has 78 valence electrons. The van der Waals surface area contributed by atoms with Crippen molar-refractivity contribution in [2.75, 3.05) is 26.9 Å². The number of hydrogen-bond acceptors (Lipinski definition) is 4. The van der Waals surface area contributed by atoms with Gasteiger partial charge in [-0.1, -0.05) is 18.2 Å². The predicted octanol–water partition coefficient (Wildman–Crippen LogP) is 0.854. The number of rotatable bonds is 7. The molecule has 0 saturated carbocycles. The van der Waals surface area contributed by atoms with Gasteiger partial charge in [-0.3, -0.25) is 4.79 Å². The van der Waals surface area contributed by atoms with Gasteiger partial charge in [0.1, 0.15) is 0 Å². The van der Waals surface area contributed by atoms with E-state index in [1.165, 1.54) is 11.8 Å². The third-order valence-corrected chi connectivity index (χ3v) is 2.69. The molecule has 4 heteroatoms. The van der Waals surface area contributed by atoms with Crippen molar-refractivity contribution < 1.29 is 4.79 Å². The summed E-state index contributed by atoms with van der Waals surface area (Å²) in [6, 6.07) is 0.0341. The summed E-state index contributed by atoms with van der Waals surface area (Å²) < 4.78 is 0. The van der Waals surface area contributed by atoms with Gasteiger partial charge in [-0.2, -0.15) is 0 Å². The topological polar surface area (TPSA) is 41.1 Å². The second kappa shape index (κ2) is 8.53. The number of likely N-dealkylation sites (N-methyl/N-ethyl adjacent to an activating group) is 1. The summed E-state index contributed by atoms with van der Waals surface area (Å²) in [5.41, 5.74) is 0. The molecule has 1 atom stereocenters. The first kappa shape index (κ1) is 12.9. The van der Waals surface area contributed by atoms with Gasteiger partial charge in [0.25, 0.3) is 0 Å². The van der Waals surface area contributed by atoms with Crippen molar-refractivity contribution >= 4 is 16.9 Å². The van der Waals surface area contributed by atoms with Gasteiger partial charge in [0.05, 0.1) is 6.04 Å². The van der Waals surface area contributed by atoms with E-state index in [-0.39, 0.29) is 11.2 Å². The largest absolute Gasteiger partial charge is 0.320 e. The van der Waals surface area contributed by atoms with Gasteiger partial charge in [0.15, 0.2) is 0 Å². The standard InChI is InChI=1S/C9H20N2OS/c1-10-7-5-4-6-8(11-2)9(12)13-3/h8,10-11H,4-7H2,1-3H3. The minimum absolute atomic E-state index is 0.0341. The molecule has 0 heterocycles. The lowest BCUT2D eigenvalue weighted by Gasteiger charge is -2.12. The van der Waals surface area contributed by atoms with Gasteiger partial charge in [-0.05, 0) is 39.7 Å². The monoisotopic (exact) mass is 204 g/mol. The Morgan fingerprint density at radius 3 is 2.54 bits per heavy atom. The highest BCUT2D eigenvalue weighted by molar-refractivity contribution is 8.13. The van der Waals surface area contributed by atoms with Gasteiger partial charge in [0, 0.05) is 0 Å². The van der Waals surface area contributed by atoms with Crippen LogP contribution in [0.1, 0.15) is 19.3 Å². The zero-order valence-corrected chi connectivity index (χ0v) is 9.54. The van der Waals surface area contributed by atoms with Crippen LogP contribution in [0, 0.1) is 0 Å². The average molecular weight is 204 g/mol. The van der Waals surface area contributed by atoms with Crippen molar-refractivity contribution in [2.45, 2.75) is 25.3 Å². The molecular formula is C9H20N2OS. The predicted molar refractivity (Wildman–Crippen MR) is 59.1 cm³/mol. The lowest BCUT2D eigenvalue weighted by Crippen LogP contribution is -2.32. The Balaban J connectivity index is 3.53. The highest BCUT2D eigenvalue weighted by atomic mass is 32.2. The summed E-state index contributed by atoms with van der Waals surface area (Å²) in [4.78, 5) is 11.3. The minimum Gasteiger partial charge on any atom is -0.320 e. The van der Waals surface area contributed by atoms with E-state index in [4.69, 9.17) is 0 Å². The Morgan fingerprint density at radius 1 is 1.38 bits per heavy atom.